The molecule has 1 aliphatic rings. The number of hydrogen-bond acceptors (Lipinski definition) is 6. The van der Waals surface area contributed by atoms with Gasteiger partial charge in [0.2, 0.25) is 0 Å². The second-order valence-electron chi connectivity index (χ2n) is 6.69. The van der Waals surface area contributed by atoms with Crippen molar-refractivity contribution in [3.05, 3.63) is 89.7 Å². The van der Waals surface area contributed by atoms with Crippen LogP contribution in [0.5, 0.6) is 0 Å². The second kappa shape index (κ2) is 7.52. The molecule has 0 fully saturated rings. The van der Waals surface area contributed by atoms with E-state index >= 15 is 0 Å². The van der Waals surface area contributed by atoms with Gasteiger partial charge in [-0.05, 0) is 52.7 Å². The van der Waals surface area contributed by atoms with Gasteiger partial charge in [0.25, 0.3) is 5.91 Å². The van der Waals surface area contributed by atoms with Crippen molar-refractivity contribution in [2.75, 3.05) is 5.32 Å². The molecule has 0 aliphatic carbocycles. The highest BCUT2D eigenvalue weighted by Gasteiger charge is 2.20. The monoisotopic (exact) mass is 399 g/mol. The van der Waals surface area contributed by atoms with Crippen LogP contribution in [0.3, 0.4) is 0 Å². The first-order valence-corrected chi connectivity index (χ1v) is 10.1. The number of rotatable bonds is 4. The van der Waals surface area contributed by atoms with E-state index < -0.39 is 0 Å². The molecule has 0 atom stereocenters. The number of tetrazole rings is 1. The lowest BCUT2D eigenvalue weighted by Crippen LogP contribution is -2.17. The molecule has 0 radical (unpaired) electrons. The summed E-state index contributed by atoms with van der Waals surface area (Å²) in [5.74, 6) is 0.337. The van der Waals surface area contributed by atoms with Crippen molar-refractivity contribution in [3.8, 4) is 0 Å². The Morgan fingerprint density at radius 3 is 2.59 bits per heavy atom. The van der Waals surface area contributed by atoms with Crippen LogP contribution in [0, 0.1) is 0 Å². The summed E-state index contributed by atoms with van der Waals surface area (Å²) in [6.07, 6.45) is 1.29. The van der Waals surface area contributed by atoms with Gasteiger partial charge in [-0.25, -0.2) is 0 Å². The maximum Gasteiger partial charge on any atom is 0.281 e. The maximum absolute atomic E-state index is 12.7. The number of para-hydroxylation sites is 2. The van der Waals surface area contributed by atoms with Gasteiger partial charge in [-0.15, -0.1) is 5.10 Å². The molecule has 7 heteroatoms. The number of aryl methyl sites for hydroxylation is 2. The molecule has 1 aromatic heterocycles. The highest BCUT2D eigenvalue weighted by molar-refractivity contribution is 7.99. The van der Waals surface area contributed by atoms with Gasteiger partial charge in [-0.1, -0.05) is 54.2 Å². The zero-order chi connectivity index (χ0) is 19.6. The first-order valence-electron chi connectivity index (χ1n) is 9.32. The van der Waals surface area contributed by atoms with Gasteiger partial charge in [0.1, 0.15) is 0 Å². The molecule has 0 unspecified atom stereocenters. The third-order valence-corrected chi connectivity index (χ3v) is 5.98. The Labute approximate surface area is 172 Å². The van der Waals surface area contributed by atoms with Crippen molar-refractivity contribution in [1.29, 1.82) is 0 Å². The van der Waals surface area contributed by atoms with Gasteiger partial charge in [-0.2, -0.15) is 4.68 Å². The highest BCUT2D eigenvalue weighted by Crippen LogP contribution is 2.45. The largest absolute Gasteiger partial charge is 0.353 e. The Hall–Kier alpha value is -3.45. The van der Waals surface area contributed by atoms with Gasteiger partial charge in [0.15, 0.2) is 5.82 Å². The lowest BCUT2D eigenvalue weighted by atomic mass is 10.1. The van der Waals surface area contributed by atoms with E-state index in [2.05, 4.69) is 51.2 Å². The number of carbonyl (C=O) groups excluding carboxylic acids is 1. The van der Waals surface area contributed by atoms with Gasteiger partial charge < -0.3 is 5.32 Å². The minimum atomic E-state index is -0.219. The van der Waals surface area contributed by atoms with Crippen LogP contribution in [0.1, 0.15) is 21.7 Å². The summed E-state index contributed by atoms with van der Waals surface area (Å²) in [5, 5.41) is 15.3. The van der Waals surface area contributed by atoms with Crippen LogP contribution in [0.15, 0.2) is 82.6 Å². The number of hydrogen-bond donors (Lipinski definition) is 1. The first-order chi connectivity index (χ1) is 14.3. The normalized spacial score (nSPS) is 12.0. The van der Waals surface area contributed by atoms with Crippen LogP contribution in [-0.4, -0.2) is 26.1 Å². The number of anilines is 2. The van der Waals surface area contributed by atoms with Crippen LogP contribution in [0.25, 0.3) is 0 Å². The average Bonchev–Trinajstić information content (AvgIpc) is 3.25. The second-order valence-corrected chi connectivity index (χ2v) is 7.78. The Morgan fingerprint density at radius 1 is 0.897 bits per heavy atom. The van der Waals surface area contributed by atoms with Crippen molar-refractivity contribution in [1.82, 2.24) is 20.2 Å². The molecular weight excluding hydrogens is 382 g/mol. The van der Waals surface area contributed by atoms with E-state index in [1.165, 1.54) is 20.0 Å². The van der Waals surface area contributed by atoms with E-state index in [0.29, 0.717) is 17.8 Å². The van der Waals surface area contributed by atoms with Crippen LogP contribution in [-0.2, 0) is 12.8 Å². The quantitative estimate of drug-likeness (QED) is 0.453. The van der Waals surface area contributed by atoms with Crippen molar-refractivity contribution in [2.45, 2.75) is 22.6 Å². The van der Waals surface area contributed by atoms with Gasteiger partial charge in [0, 0.05) is 21.8 Å². The van der Waals surface area contributed by atoms with Crippen LogP contribution < -0.4 is 5.32 Å². The number of benzene rings is 3. The molecular formula is C22H17N5OS. The lowest BCUT2D eigenvalue weighted by molar-refractivity contribution is 0.0939. The maximum atomic E-state index is 12.7. The fourth-order valence-electron chi connectivity index (χ4n) is 3.39. The van der Waals surface area contributed by atoms with Gasteiger partial charge >= 0.3 is 0 Å². The highest BCUT2D eigenvalue weighted by atomic mass is 32.2. The molecule has 142 valence electrons. The molecule has 0 amide bonds. The zero-order valence-electron chi connectivity index (χ0n) is 15.4. The third-order valence-electron chi connectivity index (χ3n) is 4.84. The summed E-state index contributed by atoms with van der Waals surface area (Å²) in [4.78, 5) is 15.1. The number of nitrogens with zero attached hydrogens (tertiary/aromatic N) is 4. The molecule has 6 nitrogen and oxygen atoms in total. The predicted molar refractivity (Wildman–Crippen MR) is 112 cm³/mol. The topological polar surface area (TPSA) is 72.7 Å². The molecule has 1 N–H and O–H groups in total. The number of nitrogens with one attached hydrogen (secondary N) is 1. The number of carbonyl (C=O) groups is 1. The fourth-order valence-corrected chi connectivity index (χ4v) is 4.44. The van der Waals surface area contributed by atoms with Crippen molar-refractivity contribution >= 4 is 29.0 Å². The summed E-state index contributed by atoms with van der Waals surface area (Å²) in [6.45, 7) is 0. The Kier molecular flexibility index (Phi) is 4.57. The van der Waals surface area contributed by atoms with E-state index in [9.17, 15) is 4.79 Å². The average molecular weight is 399 g/mol. The van der Waals surface area contributed by atoms with Crippen molar-refractivity contribution in [3.63, 3.8) is 0 Å². The molecule has 0 saturated carbocycles. The summed E-state index contributed by atoms with van der Waals surface area (Å²) in [6, 6.07) is 23.6. The van der Waals surface area contributed by atoms with Gasteiger partial charge in [-0.3, -0.25) is 4.79 Å². The fraction of sp³-hybridized carbons (Fsp3) is 0.0909. The molecule has 0 saturated heterocycles. The standard InChI is InChI=1S/C22H17N5OS/c28-22(16-7-2-1-3-8-16)27-20(24-25-26-27)14-13-15-9-6-12-19-21(15)23-17-10-4-5-11-18(17)29-19/h1-12,23H,13-14H2. The number of fused-ring (bicyclic) bond motifs is 2. The SMILES string of the molecule is O=C(c1ccccc1)n1nnnc1CCc1cccc2c1Nc1ccccc1S2. The Morgan fingerprint density at radius 2 is 1.69 bits per heavy atom. The molecule has 4 aromatic rings. The van der Waals surface area contributed by atoms with Gasteiger partial charge in [0.05, 0.1) is 11.4 Å². The molecule has 5 rings (SSSR count). The molecule has 0 bridgehead atoms. The molecule has 29 heavy (non-hydrogen) atoms. The minimum absolute atomic E-state index is 0.219. The van der Waals surface area contributed by atoms with Crippen molar-refractivity contribution in [2.24, 2.45) is 0 Å². The first kappa shape index (κ1) is 17.6. The lowest BCUT2D eigenvalue weighted by Gasteiger charge is -2.23. The summed E-state index contributed by atoms with van der Waals surface area (Å²) in [7, 11) is 0. The zero-order valence-corrected chi connectivity index (χ0v) is 16.3. The van der Waals surface area contributed by atoms with Crippen molar-refractivity contribution < 1.29 is 4.79 Å². The summed E-state index contributed by atoms with van der Waals surface area (Å²) >= 11 is 1.76. The van der Waals surface area contributed by atoms with Crippen LogP contribution in [0.2, 0.25) is 0 Å². The molecule has 1 aliphatic heterocycles. The Bertz CT molecular complexity index is 1190. The van der Waals surface area contributed by atoms with E-state index in [0.717, 1.165) is 17.8 Å². The van der Waals surface area contributed by atoms with E-state index in [4.69, 9.17) is 0 Å². The van der Waals surface area contributed by atoms with E-state index in [-0.39, 0.29) is 5.91 Å². The number of aromatic nitrogens is 4. The molecule has 2 heterocycles. The van der Waals surface area contributed by atoms with E-state index in [1.807, 2.05) is 30.3 Å². The predicted octanol–water partition coefficient (Wildman–Crippen LogP) is 4.36. The summed E-state index contributed by atoms with van der Waals surface area (Å²) < 4.78 is 1.29. The van der Waals surface area contributed by atoms with E-state index in [1.54, 1.807) is 23.9 Å². The van der Waals surface area contributed by atoms with Crippen LogP contribution in [0.4, 0.5) is 11.4 Å². The third kappa shape index (κ3) is 3.40. The van der Waals surface area contributed by atoms with Crippen LogP contribution >= 0.6 is 11.8 Å². The molecule has 0 spiro atoms. The summed E-state index contributed by atoms with van der Waals surface area (Å²) in [5.41, 5.74) is 3.96. The Balaban J connectivity index is 1.38. The smallest absolute Gasteiger partial charge is 0.281 e. The minimum Gasteiger partial charge on any atom is -0.353 e. The molecule has 3 aromatic carbocycles.